The lowest BCUT2D eigenvalue weighted by Crippen LogP contribution is -2.57. The van der Waals surface area contributed by atoms with Gasteiger partial charge in [0.05, 0.1) is 11.8 Å². The van der Waals surface area contributed by atoms with Gasteiger partial charge in [0.2, 0.25) is 0 Å². The fourth-order valence-electron chi connectivity index (χ4n) is 5.58. The Labute approximate surface area is 113 Å². The molecule has 4 nitrogen and oxygen atoms in total. The summed E-state index contributed by atoms with van der Waals surface area (Å²) in [6.07, 6.45) is 6.25. The smallest absolute Gasteiger partial charge is 0.310 e. The molecule has 0 amide bonds. The summed E-state index contributed by atoms with van der Waals surface area (Å²) in [5.41, 5.74) is -1.37. The van der Waals surface area contributed by atoms with E-state index in [2.05, 4.69) is 0 Å². The summed E-state index contributed by atoms with van der Waals surface area (Å²) in [4.78, 5) is 23.0. The molecule has 2 N–H and O–H groups in total. The Morgan fingerprint density at radius 3 is 1.79 bits per heavy atom. The molecule has 0 aromatic carbocycles. The summed E-state index contributed by atoms with van der Waals surface area (Å²) < 4.78 is 0. The Balaban J connectivity index is 1.97. The van der Waals surface area contributed by atoms with Crippen LogP contribution in [0.15, 0.2) is 0 Å². The van der Waals surface area contributed by atoms with Gasteiger partial charge in [-0.15, -0.1) is 0 Å². The van der Waals surface area contributed by atoms with Crippen LogP contribution in [0.4, 0.5) is 0 Å². The highest BCUT2D eigenvalue weighted by Crippen LogP contribution is 2.66. The van der Waals surface area contributed by atoms with Crippen LogP contribution in [0.3, 0.4) is 0 Å². The molecule has 0 radical (unpaired) electrons. The van der Waals surface area contributed by atoms with Crippen LogP contribution >= 0.6 is 0 Å². The molecule has 0 aromatic rings. The number of carboxylic acids is 2. The highest BCUT2D eigenvalue weighted by Gasteiger charge is 2.62. The molecule has 19 heavy (non-hydrogen) atoms. The van der Waals surface area contributed by atoms with Crippen molar-refractivity contribution in [3.05, 3.63) is 0 Å². The van der Waals surface area contributed by atoms with Crippen molar-refractivity contribution in [1.82, 2.24) is 0 Å². The summed E-state index contributed by atoms with van der Waals surface area (Å²) in [7, 11) is 0. The van der Waals surface area contributed by atoms with Crippen LogP contribution in [-0.4, -0.2) is 22.2 Å². The number of carboxylic acid groups (broad SMARTS) is 2. The van der Waals surface area contributed by atoms with E-state index in [9.17, 15) is 14.7 Å². The first-order valence-corrected chi connectivity index (χ1v) is 7.30. The van der Waals surface area contributed by atoms with Crippen molar-refractivity contribution < 1.29 is 19.8 Å². The minimum absolute atomic E-state index is 0.242. The molecule has 4 saturated carbocycles. The molecule has 4 heteroatoms. The monoisotopic (exact) mass is 266 g/mol. The van der Waals surface area contributed by atoms with Crippen LogP contribution in [0.1, 0.15) is 51.9 Å². The molecule has 0 aliphatic heterocycles. The van der Waals surface area contributed by atoms with Gasteiger partial charge in [0.25, 0.3) is 0 Å². The average molecular weight is 266 g/mol. The summed E-state index contributed by atoms with van der Waals surface area (Å²) in [5.74, 6) is 0.00801. The van der Waals surface area contributed by atoms with E-state index in [-0.39, 0.29) is 11.8 Å². The topological polar surface area (TPSA) is 74.6 Å². The normalized spacial score (nSPS) is 42.9. The molecule has 1 atom stereocenters. The van der Waals surface area contributed by atoms with Gasteiger partial charge in [-0.1, -0.05) is 0 Å². The third-order valence-electron chi connectivity index (χ3n) is 6.19. The second kappa shape index (κ2) is 3.97. The minimum atomic E-state index is -1.10. The maximum Gasteiger partial charge on any atom is 0.310 e. The van der Waals surface area contributed by atoms with Crippen molar-refractivity contribution in [1.29, 1.82) is 0 Å². The molecule has 0 aromatic heterocycles. The largest absolute Gasteiger partial charge is 0.481 e. The first kappa shape index (κ1) is 12.9. The first-order chi connectivity index (χ1) is 8.84. The fourth-order valence-corrected chi connectivity index (χ4v) is 5.58. The summed E-state index contributed by atoms with van der Waals surface area (Å²) in [6, 6.07) is 0. The van der Waals surface area contributed by atoms with Crippen LogP contribution in [0.25, 0.3) is 0 Å². The Bertz CT molecular complexity index is 393. The van der Waals surface area contributed by atoms with E-state index >= 15 is 0 Å². The summed E-state index contributed by atoms with van der Waals surface area (Å²) >= 11 is 0. The Morgan fingerprint density at radius 1 is 1.05 bits per heavy atom. The Kier molecular flexibility index (Phi) is 2.70. The van der Waals surface area contributed by atoms with Crippen LogP contribution in [0.5, 0.6) is 0 Å². The minimum Gasteiger partial charge on any atom is -0.481 e. The third kappa shape index (κ3) is 1.79. The van der Waals surface area contributed by atoms with Gasteiger partial charge in [0.1, 0.15) is 0 Å². The molecule has 4 fully saturated rings. The van der Waals surface area contributed by atoms with E-state index in [1.165, 1.54) is 19.3 Å². The fraction of sp³-hybridized carbons (Fsp3) is 0.867. The predicted molar refractivity (Wildman–Crippen MR) is 68.6 cm³/mol. The van der Waals surface area contributed by atoms with E-state index < -0.39 is 17.4 Å². The van der Waals surface area contributed by atoms with E-state index in [1.54, 1.807) is 6.92 Å². The summed E-state index contributed by atoms with van der Waals surface area (Å²) in [5, 5.41) is 18.8. The maximum atomic E-state index is 11.8. The van der Waals surface area contributed by atoms with E-state index in [0.29, 0.717) is 17.8 Å². The van der Waals surface area contributed by atoms with Crippen molar-refractivity contribution >= 4 is 11.9 Å². The molecule has 4 aliphatic carbocycles. The lowest BCUT2D eigenvalue weighted by Gasteiger charge is -2.61. The van der Waals surface area contributed by atoms with Crippen molar-refractivity contribution in [2.45, 2.75) is 51.9 Å². The quantitative estimate of drug-likeness (QED) is 0.820. The number of carbonyl (C=O) groups is 2. The number of rotatable bonds is 4. The zero-order valence-electron chi connectivity index (χ0n) is 11.4. The second-order valence-electron chi connectivity index (χ2n) is 7.41. The van der Waals surface area contributed by atoms with Gasteiger partial charge in [-0.3, -0.25) is 9.59 Å². The van der Waals surface area contributed by atoms with Crippen LogP contribution in [0, 0.1) is 28.6 Å². The zero-order chi connectivity index (χ0) is 13.8. The average Bonchev–Trinajstić information content (AvgIpc) is 2.25. The molecule has 4 bridgehead atoms. The van der Waals surface area contributed by atoms with Crippen molar-refractivity contribution in [2.24, 2.45) is 28.6 Å². The van der Waals surface area contributed by atoms with Crippen LogP contribution < -0.4 is 0 Å². The highest BCUT2D eigenvalue weighted by molar-refractivity contribution is 5.82. The molecule has 1 unspecified atom stereocenters. The highest BCUT2D eigenvalue weighted by atomic mass is 16.4. The molecule has 4 aliphatic rings. The second-order valence-corrected chi connectivity index (χ2v) is 7.41. The molecular formula is C15H22O4. The van der Waals surface area contributed by atoms with E-state index in [4.69, 9.17) is 5.11 Å². The number of hydrogen-bond donors (Lipinski definition) is 2. The van der Waals surface area contributed by atoms with E-state index in [1.807, 2.05) is 0 Å². The SMILES string of the molecule is CC(CC(=O)O)(C(=O)O)C12CC3CC(CC(C3)C1)C2. The zero-order valence-corrected chi connectivity index (χ0v) is 11.4. The van der Waals surface area contributed by atoms with Gasteiger partial charge >= 0.3 is 11.9 Å². The standard InChI is InChI=1S/C15H22O4/c1-14(13(18)19,8-12(16)17)15-5-9-2-10(6-15)4-11(3-9)7-15/h9-11H,2-8H2,1H3,(H,16,17)(H,18,19). The predicted octanol–water partition coefficient (Wildman–Crippen LogP) is 2.77. The Morgan fingerprint density at radius 2 is 1.47 bits per heavy atom. The van der Waals surface area contributed by atoms with Gasteiger partial charge in [-0.2, -0.15) is 0 Å². The summed E-state index contributed by atoms with van der Waals surface area (Å²) in [6.45, 7) is 1.68. The molecule has 4 rings (SSSR count). The van der Waals surface area contributed by atoms with Crippen LogP contribution in [-0.2, 0) is 9.59 Å². The van der Waals surface area contributed by atoms with Crippen molar-refractivity contribution in [2.75, 3.05) is 0 Å². The lowest BCUT2D eigenvalue weighted by molar-refractivity contribution is -0.182. The molecular weight excluding hydrogens is 244 g/mol. The van der Waals surface area contributed by atoms with Gasteiger partial charge < -0.3 is 10.2 Å². The van der Waals surface area contributed by atoms with Gasteiger partial charge in [-0.05, 0) is 68.6 Å². The molecule has 0 spiro atoms. The number of aliphatic carboxylic acids is 2. The van der Waals surface area contributed by atoms with Crippen LogP contribution in [0.2, 0.25) is 0 Å². The van der Waals surface area contributed by atoms with E-state index in [0.717, 1.165) is 19.3 Å². The maximum absolute atomic E-state index is 11.8. The van der Waals surface area contributed by atoms with Crippen molar-refractivity contribution in [3.8, 4) is 0 Å². The molecule has 106 valence electrons. The molecule has 0 saturated heterocycles. The lowest BCUT2D eigenvalue weighted by atomic mass is 9.42. The Hall–Kier alpha value is -1.06. The van der Waals surface area contributed by atoms with Crippen molar-refractivity contribution in [3.63, 3.8) is 0 Å². The van der Waals surface area contributed by atoms with Gasteiger partial charge in [-0.25, -0.2) is 0 Å². The number of hydrogen-bond acceptors (Lipinski definition) is 2. The third-order valence-corrected chi connectivity index (χ3v) is 6.19. The molecule has 0 heterocycles. The van der Waals surface area contributed by atoms with Gasteiger partial charge in [0.15, 0.2) is 0 Å². The van der Waals surface area contributed by atoms with Gasteiger partial charge in [0, 0.05) is 0 Å². The first-order valence-electron chi connectivity index (χ1n) is 7.30.